The van der Waals surface area contributed by atoms with E-state index in [4.69, 9.17) is 4.98 Å². The van der Waals surface area contributed by atoms with Crippen molar-refractivity contribution in [2.75, 3.05) is 6.54 Å². The highest BCUT2D eigenvalue weighted by Gasteiger charge is 2.12. The Kier molecular flexibility index (Phi) is 7.87. The maximum atomic E-state index is 12.1. The van der Waals surface area contributed by atoms with Gasteiger partial charge in [-0.05, 0) is 55.2 Å². The predicted molar refractivity (Wildman–Crippen MR) is 123 cm³/mol. The zero-order valence-corrected chi connectivity index (χ0v) is 18.9. The summed E-state index contributed by atoms with van der Waals surface area (Å²) in [4.78, 5) is 17.0. The Morgan fingerprint density at radius 2 is 1.86 bits per heavy atom. The molecule has 29 heavy (non-hydrogen) atoms. The fraction of sp³-hybridized carbons (Fsp3) is 0.417. The molecule has 1 N–H and O–H groups in total. The fourth-order valence-electron chi connectivity index (χ4n) is 3.45. The molecule has 1 aromatic heterocycles. The third-order valence-corrected chi connectivity index (χ3v) is 5.92. The molecule has 1 amide bonds. The van der Waals surface area contributed by atoms with Crippen molar-refractivity contribution in [2.24, 2.45) is 5.92 Å². The van der Waals surface area contributed by atoms with Crippen molar-refractivity contribution >= 4 is 32.9 Å². The van der Waals surface area contributed by atoms with Gasteiger partial charge in [-0.15, -0.1) is 0 Å². The van der Waals surface area contributed by atoms with Crippen molar-refractivity contribution < 1.29 is 4.79 Å². The molecule has 3 aromatic rings. The number of hydrogen-bond acceptors (Lipinski definition) is 2. The Labute approximate surface area is 181 Å². The lowest BCUT2D eigenvalue weighted by atomic mass is 10.1. The molecule has 0 aliphatic rings. The molecule has 0 saturated carbocycles. The Hall–Kier alpha value is -2.14. The summed E-state index contributed by atoms with van der Waals surface area (Å²) in [6, 6.07) is 15.9. The van der Waals surface area contributed by atoms with Gasteiger partial charge in [0.2, 0.25) is 0 Å². The summed E-state index contributed by atoms with van der Waals surface area (Å²) in [5, 5.41) is 3.01. The smallest absolute Gasteiger partial charge is 0.251 e. The molecule has 2 aromatic carbocycles. The number of halogens is 1. The monoisotopic (exact) mass is 455 g/mol. The van der Waals surface area contributed by atoms with Gasteiger partial charge in [0.15, 0.2) is 0 Å². The predicted octanol–water partition coefficient (Wildman–Crippen LogP) is 5.99. The zero-order valence-electron chi connectivity index (χ0n) is 17.3. The molecule has 1 heterocycles. The number of nitrogens with zero attached hydrogens (tertiary/aromatic N) is 2. The average Bonchev–Trinajstić information content (AvgIpc) is 3.08. The number of rotatable bonds is 10. The normalized spacial score (nSPS) is 12.2. The number of carbonyl (C=O) groups excluding carboxylic acids is 1. The minimum atomic E-state index is -0.00662. The van der Waals surface area contributed by atoms with E-state index < -0.39 is 0 Å². The Bertz CT molecular complexity index is 933. The Balaban J connectivity index is 1.48. The van der Waals surface area contributed by atoms with Gasteiger partial charge in [-0.1, -0.05) is 54.8 Å². The maximum absolute atomic E-state index is 12.1. The van der Waals surface area contributed by atoms with Crippen LogP contribution < -0.4 is 5.32 Å². The first-order chi connectivity index (χ1) is 14.1. The summed E-state index contributed by atoms with van der Waals surface area (Å²) >= 11 is 3.39. The van der Waals surface area contributed by atoms with Crippen LogP contribution in [0.2, 0.25) is 0 Å². The number of imidazole rings is 1. The van der Waals surface area contributed by atoms with Crippen LogP contribution >= 0.6 is 15.9 Å². The molecule has 3 rings (SSSR count). The Morgan fingerprint density at radius 3 is 2.62 bits per heavy atom. The first-order valence-corrected chi connectivity index (χ1v) is 11.4. The van der Waals surface area contributed by atoms with Crippen molar-refractivity contribution in [1.29, 1.82) is 0 Å². The number of nitrogens with one attached hydrogen (secondary N) is 1. The van der Waals surface area contributed by atoms with Crippen LogP contribution in [-0.2, 0) is 13.0 Å². The average molecular weight is 456 g/mol. The van der Waals surface area contributed by atoms with Crippen LogP contribution in [0.25, 0.3) is 11.0 Å². The molecular weight excluding hydrogens is 426 g/mol. The van der Waals surface area contributed by atoms with Gasteiger partial charge >= 0.3 is 0 Å². The Morgan fingerprint density at radius 1 is 1.10 bits per heavy atom. The lowest BCUT2D eigenvalue weighted by Crippen LogP contribution is -2.24. The summed E-state index contributed by atoms with van der Waals surface area (Å²) in [6.07, 6.45) is 5.29. The van der Waals surface area contributed by atoms with Crippen LogP contribution in [0.5, 0.6) is 0 Å². The number of carbonyl (C=O) groups is 1. The number of hydrogen-bond donors (Lipinski definition) is 1. The maximum Gasteiger partial charge on any atom is 0.251 e. The van der Waals surface area contributed by atoms with Crippen LogP contribution in [0.4, 0.5) is 0 Å². The standard InChI is InChI=1S/C24H30BrN3O/c1-3-18(2)17-28-22-10-7-6-9-21(22)27-23(28)11-5-4-8-16-26-24(29)19-12-14-20(25)15-13-19/h6-7,9-10,12-15,18H,3-5,8,11,16-17H2,1-2H3,(H,26,29). The van der Waals surface area contributed by atoms with Gasteiger partial charge in [-0.25, -0.2) is 4.98 Å². The molecule has 1 unspecified atom stereocenters. The minimum Gasteiger partial charge on any atom is -0.352 e. The van der Waals surface area contributed by atoms with Crippen molar-refractivity contribution in [2.45, 2.75) is 52.5 Å². The van der Waals surface area contributed by atoms with Gasteiger partial charge < -0.3 is 9.88 Å². The highest BCUT2D eigenvalue weighted by atomic mass is 79.9. The number of aromatic nitrogens is 2. The second-order valence-corrected chi connectivity index (χ2v) is 8.63. The molecule has 1 atom stereocenters. The summed E-state index contributed by atoms with van der Waals surface area (Å²) < 4.78 is 3.38. The molecule has 154 valence electrons. The first-order valence-electron chi connectivity index (χ1n) is 10.6. The van der Waals surface area contributed by atoms with Crippen LogP contribution in [-0.4, -0.2) is 22.0 Å². The van der Waals surface area contributed by atoms with Gasteiger partial charge in [0.1, 0.15) is 5.82 Å². The number of para-hydroxylation sites is 2. The molecule has 0 radical (unpaired) electrons. The number of aryl methyl sites for hydroxylation is 1. The van der Waals surface area contributed by atoms with E-state index in [1.807, 2.05) is 24.3 Å². The number of benzene rings is 2. The van der Waals surface area contributed by atoms with Crippen LogP contribution in [0.1, 0.15) is 55.7 Å². The van der Waals surface area contributed by atoms with Crippen molar-refractivity contribution in [3.63, 3.8) is 0 Å². The largest absolute Gasteiger partial charge is 0.352 e. The SMILES string of the molecule is CCC(C)Cn1c(CCCCCNC(=O)c2ccc(Br)cc2)nc2ccccc21. The zero-order chi connectivity index (χ0) is 20.6. The van der Waals surface area contributed by atoms with E-state index in [0.717, 1.165) is 42.2 Å². The highest BCUT2D eigenvalue weighted by molar-refractivity contribution is 9.10. The highest BCUT2D eigenvalue weighted by Crippen LogP contribution is 2.20. The second kappa shape index (κ2) is 10.6. The molecule has 0 saturated heterocycles. The number of fused-ring (bicyclic) bond motifs is 1. The minimum absolute atomic E-state index is 0.00662. The number of unbranched alkanes of at least 4 members (excludes halogenated alkanes) is 2. The van der Waals surface area contributed by atoms with E-state index in [1.165, 1.54) is 17.8 Å². The summed E-state index contributed by atoms with van der Waals surface area (Å²) in [5.74, 6) is 1.82. The quantitative estimate of drug-likeness (QED) is 0.381. The van der Waals surface area contributed by atoms with Gasteiger partial charge in [-0.3, -0.25) is 4.79 Å². The van der Waals surface area contributed by atoms with E-state index in [-0.39, 0.29) is 5.91 Å². The molecule has 0 fully saturated rings. The summed E-state index contributed by atoms with van der Waals surface area (Å²) in [7, 11) is 0. The molecule has 4 nitrogen and oxygen atoms in total. The lowest BCUT2D eigenvalue weighted by molar-refractivity contribution is 0.0953. The molecule has 0 aliphatic heterocycles. The first kappa shape index (κ1) is 21.6. The van der Waals surface area contributed by atoms with Gasteiger partial charge in [0.25, 0.3) is 5.91 Å². The topological polar surface area (TPSA) is 46.9 Å². The third-order valence-electron chi connectivity index (χ3n) is 5.39. The van der Waals surface area contributed by atoms with E-state index in [9.17, 15) is 4.79 Å². The summed E-state index contributed by atoms with van der Waals surface area (Å²) in [5.41, 5.74) is 3.03. The third kappa shape index (κ3) is 5.92. The fourth-order valence-corrected chi connectivity index (χ4v) is 3.72. The van der Waals surface area contributed by atoms with E-state index in [0.29, 0.717) is 18.0 Å². The van der Waals surface area contributed by atoms with E-state index in [2.05, 4.69) is 63.9 Å². The second-order valence-electron chi connectivity index (χ2n) is 7.71. The van der Waals surface area contributed by atoms with E-state index >= 15 is 0 Å². The van der Waals surface area contributed by atoms with Crippen LogP contribution in [0.3, 0.4) is 0 Å². The molecule has 5 heteroatoms. The molecular formula is C24H30BrN3O. The van der Waals surface area contributed by atoms with Crippen LogP contribution in [0, 0.1) is 5.92 Å². The van der Waals surface area contributed by atoms with Gasteiger partial charge in [0, 0.05) is 29.5 Å². The summed E-state index contributed by atoms with van der Waals surface area (Å²) in [6.45, 7) is 6.27. The molecule has 0 spiro atoms. The van der Waals surface area contributed by atoms with Crippen molar-refractivity contribution in [3.8, 4) is 0 Å². The van der Waals surface area contributed by atoms with Crippen molar-refractivity contribution in [1.82, 2.24) is 14.9 Å². The van der Waals surface area contributed by atoms with Gasteiger partial charge in [0.05, 0.1) is 11.0 Å². The van der Waals surface area contributed by atoms with Crippen LogP contribution in [0.15, 0.2) is 53.0 Å². The molecule has 0 bridgehead atoms. The lowest BCUT2D eigenvalue weighted by Gasteiger charge is -2.14. The molecule has 0 aliphatic carbocycles. The van der Waals surface area contributed by atoms with E-state index in [1.54, 1.807) is 0 Å². The van der Waals surface area contributed by atoms with Gasteiger partial charge in [-0.2, -0.15) is 0 Å². The number of amides is 1. The van der Waals surface area contributed by atoms with Crippen molar-refractivity contribution in [3.05, 3.63) is 64.4 Å².